The molecule has 0 atom stereocenters. The molecule has 138 valence electrons. The number of hydrogen-bond donors (Lipinski definition) is 1. The van der Waals surface area contributed by atoms with E-state index in [1.54, 1.807) is 6.20 Å². The zero-order chi connectivity index (χ0) is 18.5. The Hall–Kier alpha value is -2.64. The summed E-state index contributed by atoms with van der Waals surface area (Å²) in [5.41, 5.74) is 1.57. The fourth-order valence-electron chi connectivity index (χ4n) is 3.62. The molecule has 0 amide bonds. The third kappa shape index (κ3) is 2.89. The predicted octanol–water partition coefficient (Wildman–Crippen LogP) is 1.99. The number of piperidine rings is 1. The molecule has 1 aliphatic heterocycles. The molecule has 3 aromatic heterocycles. The normalized spacial score (nSPS) is 16.5. The van der Waals surface area contributed by atoms with Crippen LogP contribution >= 0.6 is 0 Å². The number of anilines is 1. The summed E-state index contributed by atoms with van der Waals surface area (Å²) in [6.07, 6.45) is 7.69. The van der Waals surface area contributed by atoms with Crippen LogP contribution < -0.4 is 10.5 Å². The van der Waals surface area contributed by atoms with E-state index in [0.29, 0.717) is 22.9 Å². The SMILES string of the molecule is Cn1cc(C2CCN(c3nc4c(cnn4C(C)(C)C)c(=O)[nH]3)CC2)cn1. The molecule has 1 aliphatic rings. The lowest BCUT2D eigenvalue weighted by atomic mass is 9.92. The van der Waals surface area contributed by atoms with Gasteiger partial charge in [0.15, 0.2) is 5.65 Å². The molecule has 1 fully saturated rings. The summed E-state index contributed by atoms with van der Waals surface area (Å²) in [7, 11) is 1.95. The molecule has 4 heterocycles. The van der Waals surface area contributed by atoms with Crippen molar-refractivity contribution in [2.24, 2.45) is 7.05 Å². The number of nitrogens with zero attached hydrogens (tertiary/aromatic N) is 6. The van der Waals surface area contributed by atoms with E-state index in [1.807, 2.05) is 22.6 Å². The van der Waals surface area contributed by atoms with Crippen LogP contribution in [0.2, 0.25) is 0 Å². The highest BCUT2D eigenvalue weighted by molar-refractivity contribution is 5.74. The fourth-order valence-corrected chi connectivity index (χ4v) is 3.62. The van der Waals surface area contributed by atoms with Crippen molar-refractivity contribution < 1.29 is 0 Å². The highest BCUT2D eigenvalue weighted by Gasteiger charge is 2.25. The van der Waals surface area contributed by atoms with Crippen LogP contribution in [0.1, 0.15) is 45.1 Å². The van der Waals surface area contributed by atoms with E-state index in [0.717, 1.165) is 25.9 Å². The molecule has 0 spiro atoms. The Balaban J connectivity index is 1.60. The Kier molecular flexibility index (Phi) is 3.86. The molecule has 8 heteroatoms. The van der Waals surface area contributed by atoms with Gasteiger partial charge in [0.25, 0.3) is 5.56 Å². The highest BCUT2D eigenvalue weighted by atomic mass is 16.1. The first-order valence-electron chi connectivity index (χ1n) is 9.05. The first-order chi connectivity index (χ1) is 12.3. The van der Waals surface area contributed by atoms with Crippen LogP contribution in [-0.2, 0) is 12.6 Å². The number of aryl methyl sites for hydroxylation is 1. The minimum atomic E-state index is -0.229. The van der Waals surface area contributed by atoms with Crippen LogP contribution in [0.25, 0.3) is 11.0 Å². The third-order valence-electron chi connectivity index (χ3n) is 5.05. The maximum atomic E-state index is 12.5. The van der Waals surface area contributed by atoms with Gasteiger partial charge in [-0.05, 0) is 45.1 Å². The molecular formula is C18H25N7O. The Morgan fingerprint density at radius 2 is 1.88 bits per heavy atom. The lowest BCUT2D eigenvalue weighted by Gasteiger charge is -2.32. The smallest absolute Gasteiger partial charge is 0.263 e. The topological polar surface area (TPSA) is 84.6 Å². The molecule has 0 aliphatic carbocycles. The van der Waals surface area contributed by atoms with E-state index in [1.165, 1.54) is 5.56 Å². The molecule has 0 saturated carbocycles. The molecule has 0 unspecified atom stereocenters. The summed E-state index contributed by atoms with van der Waals surface area (Å²) >= 11 is 0. The van der Waals surface area contributed by atoms with E-state index in [9.17, 15) is 4.79 Å². The standard InChI is InChI=1S/C18H25N7O/c1-18(2,3)25-15-14(10-20-25)16(26)22-17(21-15)24-7-5-12(6-8-24)13-9-19-23(4)11-13/h9-12H,5-8H2,1-4H3,(H,21,22,26). The lowest BCUT2D eigenvalue weighted by molar-refractivity contribution is 0.365. The van der Waals surface area contributed by atoms with Crippen molar-refractivity contribution in [1.82, 2.24) is 29.5 Å². The van der Waals surface area contributed by atoms with Gasteiger partial charge in [-0.15, -0.1) is 0 Å². The molecule has 0 aromatic carbocycles. The van der Waals surface area contributed by atoms with E-state index in [2.05, 4.69) is 47.0 Å². The van der Waals surface area contributed by atoms with E-state index in [-0.39, 0.29) is 11.1 Å². The molecule has 8 nitrogen and oxygen atoms in total. The van der Waals surface area contributed by atoms with Gasteiger partial charge >= 0.3 is 0 Å². The molecule has 26 heavy (non-hydrogen) atoms. The van der Waals surface area contributed by atoms with Gasteiger partial charge in [0, 0.05) is 26.3 Å². The molecule has 0 bridgehead atoms. The summed E-state index contributed by atoms with van der Waals surface area (Å²) in [4.78, 5) is 22.3. The predicted molar refractivity (Wildman–Crippen MR) is 101 cm³/mol. The minimum Gasteiger partial charge on any atom is -0.342 e. The average molecular weight is 355 g/mol. The second-order valence-corrected chi connectivity index (χ2v) is 8.06. The zero-order valence-corrected chi connectivity index (χ0v) is 15.7. The van der Waals surface area contributed by atoms with Gasteiger partial charge in [0.1, 0.15) is 5.39 Å². The van der Waals surface area contributed by atoms with E-state index < -0.39 is 0 Å². The number of H-pyrrole nitrogens is 1. The first-order valence-corrected chi connectivity index (χ1v) is 9.05. The van der Waals surface area contributed by atoms with Crippen molar-refractivity contribution in [2.45, 2.75) is 45.1 Å². The minimum absolute atomic E-state index is 0.130. The molecular weight excluding hydrogens is 330 g/mol. The van der Waals surface area contributed by atoms with Gasteiger partial charge in [0.2, 0.25) is 5.95 Å². The van der Waals surface area contributed by atoms with Crippen molar-refractivity contribution in [2.75, 3.05) is 18.0 Å². The van der Waals surface area contributed by atoms with Crippen molar-refractivity contribution >= 4 is 17.0 Å². The highest BCUT2D eigenvalue weighted by Crippen LogP contribution is 2.29. The van der Waals surface area contributed by atoms with Crippen LogP contribution in [0.5, 0.6) is 0 Å². The molecule has 3 aromatic rings. The molecule has 0 radical (unpaired) electrons. The van der Waals surface area contributed by atoms with Gasteiger partial charge in [0.05, 0.1) is 17.9 Å². The van der Waals surface area contributed by atoms with Crippen molar-refractivity contribution in [3.63, 3.8) is 0 Å². The largest absolute Gasteiger partial charge is 0.342 e. The lowest BCUT2D eigenvalue weighted by Crippen LogP contribution is -2.35. The number of rotatable bonds is 2. The first kappa shape index (κ1) is 16.8. The van der Waals surface area contributed by atoms with Crippen LogP contribution in [0.4, 0.5) is 5.95 Å². The van der Waals surface area contributed by atoms with Gasteiger partial charge in [-0.25, -0.2) is 4.68 Å². The van der Waals surface area contributed by atoms with Crippen molar-refractivity contribution in [1.29, 1.82) is 0 Å². The maximum absolute atomic E-state index is 12.5. The average Bonchev–Trinajstić information content (AvgIpc) is 3.21. The summed E-state index contributed by atoms with van der Waals surface area (Å²) < 4.78 is 3.67. The Labute approximate surface area is 151 Å². The van der Waals surface area contributed by atoms with Crippen molar-refractivity contribution in [3.05, 3.63) is 34.5 Å². The molecule has 4 rings (SSSR count). The van der Waals surface area contributed by atoms with Crippen LogP contribution in [0.3, 0.4) is 0 Å². The second kappa shape index (κ2) is 5.96. The number of hydrogen-bond acceptors (Lipinski definition) is 5. The Morgan fingerprint density at radius 3 is 2.50 bits per heavy atom. The summed E-state index contributed by atoms with van der Waals surface area (Å²) in [5.74, 6) is 1.15. The van der Waals surface area contributed by atoms with Gasteiger partial charge in [-0.3, -0.25) is 14.5 Å². The molecule has 1 saturated heterocycles. The zero-order valence-electron chi connectivity index (χ0n) is 15.7. The van der Waals surface area contributed by atoms with Gasteiger partial charge < -0.3 is 4.90 Å². The number of fused-ring (bicyclic) bond motifs is 1. The monoisotopic (exact) mass is 355 g/mol. The fraction of sp³-hybridized carbons (Fsp3) is 0.556. The number of aromatic nitrogens is 6. The quantitative estimate of drug-likeness (QED) is 0.760. The second-order valence-electron chi connectivity index (χ2n) is 8.06. The van der Waals surface area contributed by atoms with Crippen LogP contribution in [0.15, 0.2) is 23.4 Å². The van der Waals surface area contributed by atoms with Gasteiger partial charge in [-0.1, -0.05) is 0 Å². The molecule has 1 N–H and O–H groups in total. The maximum Gasteiger partial charge on any atom is 0.263 e. The Morgan fingerprint density at radius 1 is 1.15 bits per heavy atom. The van der Waals surface area contributed by atoms with E-state index in [4.69, 9.17) is 4.98 Å². The number of aromatic amines is 1. The summed E-state index contributed by atoms with van der Waals surface area (Å²) in [6.45, 7) is 7.89. The third-order valence-corrected chi connectivity index (χ3v) is 5.05. The van der Waals surface area contributed by atoms with Gasteiger partial charge in [-0.2, -0.15) is 15.2 Å². The van der Waals surface area contributed by atoms with Crippen molar-refractivity contribution in [3.8, 4) is 0 Å². The number of nitrogens with one attached hydrogen (secondary N) is 1. The summed E-state index contributed by atoms with van der Waals surface area (Å²) in [6, 6.07) is 0. The van der Waals surface area contributed by atoms with Crippen LogP contribution in [-0.4, -0.2) is 42.6 Å². The van der Waals surface area contributed by atoms with Crippen LogP contribution in [0, 0.1) is 0 Å². The van der Waals surface area contributed by atoms with E-state index >= 15 is 0 Å². The summed E-state index contributed by atoms with van der Waals surface area (Å²) in [5, 5.41) is 9.19. The Bertz CT molecular complexity index is 983.